The molecule has 0 amide bonds. The van der Waals surface area contributed by atoms with E-state index in [-0.39, 0.29) is 0 Å². The summed E-state index contributed by atoms with van der Waals surface area (Å²) in [6.45, 7) is 2.36. The maximum Gasteiger partial charge on any atom is 0.321 e. The lowest BCUT2D eigenvalue weighted by atomic mass is 9.92. The first-order chi connectivity index (χ1) is 7.50. The first kappa shape index (κ1) is 11.7. The van der Waals surface area contributed by atoms with Crippen LogP contribution in [0.3, 0.4) is 0 Å². The molecule has 0 aliphatic carbocycles. The number of fused-ring (bicyclic) bond motifs is 1. The summed E-state index contributed by atoms with van der Waals surface area (Å²) in [4.78, 5) is 10.9. The summed E-state index contributed by atoms with van der Waals surface area (Å²) < 4.78 is 0.778. The predicted molar refractivity (Wildman–Crippen MR) is 67.5 cm³/mol. The van der Waals surface area contributed by atoms with Gasteiger partial charge in [-0.15, -0.1) is 0 Å². The maximum absolute atomic E-state index is 10.9. The Morgan fingerprint density at radius 1 is 1.62 bits per heavy atom. The summed E-state index contributed by atoms with van der Waals surface area (Å²) in [6.07, 6.45) is 0.474. The number of nitrogens with one attached hydrogen (secondary N) is 1. The van der Waals surface area contributed by atoms with E-state index in [4.69, 9.17) is 5.11 Å². The third-order valence-electron chi connectivity index (χ3n) is 2.97. The lowest BCUT2D eigenvalue weighted by molar-refractivity contribution is -0.139. The molecular formula is C11H12INO3. The summed E-state index contributed by atoms with van der Waals surface area (Å²) in [7, 11) is 0. The summed E-state index contributed by atoms with van der Waals surface area (Å²) in [5.41, 5.74) is 2.89. The van der Waals surface area contributed by atoms with E-state index in [1.165, 1.54) is 0 Å². The van der Waals surface area contributed by atoms with Crippen molar-refractivity contribution in [3.8, 4) is 5.75 Å². The molecule has 0 aromatic heterocycles. The van der Waals surface area contributed by atoms with Gasteiger partial charge >= 0.3 is 5.97 Å². The summed E-state index contributed by atoms with van der Waals surface area (Å²) in [5.74, 6) is -0.527. The highest BCUT2D eigenvalue weighted by molar-refractivity contribution is 14.1. The van der Waals surface area contributed by atoms with Crippen LogP contribution in [0.1, 0.15) is 16.7 Å². The highest BCUT2D eigenvalue weighted by Gasteiger charge is 2.26. The average molecular weight is 333 g/mol. The van der Waals surface area contributed by atoms with Crippen molar-refractivity contribution in [1.82, 2.24) is 5.32 Å². The first-order valence-corrected chi connectivity index (χ1v) is 6.04. The van der Waals surface area contributed by atoms with Crippen molar-refractivity contribution in [1.29, 1.82) is 0 Å². The molecular weight excluding hydrogens is 321 g/mol. The van der Waals surface area contributed by atoms with Crippen molar-refractivity contribution in [3.63, 3.8) is 0 Å². The molecule has 86 valence electrons. The molecule has 1 aromatic carbocycles. The van der Waals surface area contributed by atoms with Gasteiger partial charge in [0.1, 0.15) is 11.8 Å². The molecule has 3 N–H and O–H groups in total. The zero-order valence-electron chi connectivity index (χ0n) is 8.75. The highest BCUT2D eigenvalue weighted by atomic mass is 127. The van der Waals surface area contributed by atoms with E-state index in [1.54, 1.807) is 0 Å². The molecule has 0 saturated heterocycles. The molecule has 0 bridgehead atoms. The van der Waals surface area contributed by atoms with Crippen LogP contribution in [0, 0.1) is 10.5 Å². The van der Waals surface area contributed by atoms with Crippen LogP contribution >= 0.6 is 22.6 Å². The summed E-state index contributed by atoms with van der Waals surface area (Å²) in [6, 6.07) is 1.35. The van der Waals surface area contributed by atoms with Crippen LogP contribution in [0.15, 0.2) is 6.07 Å². The molecule has 16 heavy (non-hydrogen) atoms. The number of benzene rings is 1. The summed E-state index contributed by atoms with van der Waals surface area (Å²) in [5, 5.41) is 21.7. The normalized spacial score (nSPS) is 19.2. The van der Waals surface area contributed by atoms with E-state index < -0.39 is 12.0 Å². The lowest BCUT2D eigenvalue weighted by Gasteiger charge is -2.25. The minimum Gasteiger partial charge on any atom is -0.507 e. The van der Waals surface area contributed by atoms with Gasteiger partial charge in [0.25, 0.3) is 0 Å². The smallest absolute Gasteiger partial charge is 0.321 e. The molecule has 1 aliphatic heterocycles. The van der Waals surface area contributed by atoms with E-state index >= 15 is 0 Å². The molecule has 1 unspecified atom stereocenters. The summed E-state index contributed by atoms with van der Waals surface area (Å²) >= 11 is 2.06. The van der Waals surface area contributed by atoms with Gasteiger partial charge in [-0.2, -0.15) is 0 Å². The third-order valence-corrected chi connectivity index (χ3v) is 3.79. The minimum absolute atomic E-state index is 0.301. The van der Waals surface area contributed by atoms with Crippen molar-refractivity contribution in [3.05, 3.63) is 26.3 Å². The van der Waals surface area contributed by atoms with Gasteiger partial charge < -0.3 is 10.2 Å². The minimum atomic E-state index is -0.827. The van der Waals surface area contributed by atoms with E-state index in [0.717, 1.165) is 20.3 Å². The highest BCUT2D eigenvalue weighted by Crippen LogP contribution is 2.31. The van der Waals surface area contributed by atoms with Crippen molar-refractivity contribution in [2.24, 2.45) is 0 Å². The quantitative estimate of drug-likeness (QED) is 0.680. The number of carboxylic acid groups (broad SMARTS) is 1. The predicted octanol–water partition coefficient (Wildman–Crippen LogP) is 1.40. The van der Waals surface area contributed by atoms with E-state index in [9.17, 15) is 9.90 Å². The van der Waals surface area contributed by atoms with Crippen LogP contribution < -0.4 is 5.32 Å². The fourth-order valence-electron chi connectivity index (χ4n) is 1.99. The van der Waals surface area contributed by atoms with E-state index in [1.807, 2.05) is 13.0 Å². The van der Waals surface area contributed by atoms with Crippen LogP contribution in [-0.4, -0.2) is 22.2 Å². The van der Waals surface area contributed by atoms with Gasteiger partial charge in [-0.25, -0.2) is 0 Å². The van der Waals surface area contributed by atoms with Crippen LogP contribution in [-0.2, 0) is 17.8 Å². The Bertz CT molecular complexity index is 459. The van der Waals surface area contributed by atoms with Crippen LogP contribution in [0.4, 0.5) is 0 Å². The number of halogens is 1. The molecule has 0 spiro atoms. The van der Waals surface area contributed by atoms with E-state index in [0.29, 0.717) is 18.7 Å². The van der Waals surface area contributed by atoms with Crippen molar-refractivity contribution >= 4 is 28.6 Å². The first-order valence-electron chi connectivity index (χ1n) is 4.96. The number of phenolic OH excluding ortho intramolecular Hbond substituents is 1. The molecule has 0 fully saturated rings. The Morgan fingerprint density at radius 2 is 2.31 bits per heavy atom. The molecule has 1 heterocycles. The van der Waals surface area contributed by atoms with Crippen LogP contribution in [0.25, 0.3) is 0 Å². The van der Waals surface area contributed by atoms with Gasteiger partial charge in [0.15, 0.2) is 0 Å². The topological polar surface area (TPSA) is 69.6 Å². The molecule has 0 saturated carbocycles. The molecule has 1 aliphatic rings. The molecule has 0 radical (unpaired) electrons. The standard InChI is InChI=1S/C11H12INO3/c1-5-7-4-13-9(11(15)16)3-6(7)2-8(12)10(5)14/h2,9,13-14H,3-4H2,1H3,(H,15,16). The largest absolute Gasteiger partial charge is 0.507 e. The van der Waals surface area contributed by atoms with Gasteiger partial charge in [0.2, 0.25) is 0 Å². The lowest BCUT2D eigenvalue weighted by Crippen LogP contribution is -2.41. The van der Waals surface area contributed by atoms with E-state index in [2.05, 4.69) is 27.9 Å². The average Bonchev–Trinajstić information content (AvgIpc) is 2.25. The number of carbonyl (C=O) groups is 1. The number of hydrogen-bond acceptors (Lipinski definition) is 3. The second-order valence-corrected chi connectivity index (χ2v) is 5.11. The number of aliphatic carboxylic acids is 1. The van der Waals surface area contributed by atoms with Gasteiger partial charge in [-0.1, -0.05) is 0 Å². The zero-order valence-corrected chi connectivity index (χ0v) is 10.9. The Kier molecular flexibility index (Phi) is 3.07. The SMILES string of the molecule is Cc1c(O)c(I)cc2c1CNC(C(=O)O)C2. The monoisotopic (exact) mass is 333 g/mol. The number of rotatable bonds is 1. The third kappa shape index (κ3) is 1.89. The van der Waals surface area contributed by atoms with Gasteiger partial charge in [0, 0.05) is 6.54 Å². The van der Waals surface area contributed by atoms with Crippen LogP contribution in [0.5, 0.6) is 5.75 Å². The Labute approximate surface area is 107 Å². The van der Waals surface area contributed by atoms with Crippen molar-refractivity contribution in [2.45, 2.75) is 25.9 Å². The van der Waals surface area contributed by atoms with Crippen LogP contribution in [0.2, 0.25) is 0 Å². The Morgan fingerprint density at radius 3 is 2.94 bits per heavy atom. The molecule has 5 heteroatoms. The number of phenols is 1. The Balaban J connectivity index is 2.44. The zero-order chi connectivity index (χ0) is 11.9. The Hall–Kier alpha value is -0.820. The van der Waals surface area contributed by atoms with Gasteiger partial charge in [-0.05, 0) is 58.7 Å². The molecule has 4 nitrogen and oxygen atoms in total. The van der Waals surface area contributed by atoms with Crippen molar-refractivity contribution in [2.75, 3.05) is 0 Å². The second-order valence-electron chi connectivity index (χ2n) is 3.95. The van der Waals surface area contributed by atoms with Crippen molar-refractivity contribution < 1.29 is 15.0 Å². The van der Waals surface area contributed by atoms with Gasteiger partial charge in [-0.3, -0.25) is 10.1 Å². The number of aromatic hydroxyl groups is 1. The second kappa shape index (κ2) is 4.21. The molecule has 1 aromatic rings. The number of carboxylic acids is 1. The molecule has 1 atom stereocenters. The fourth-order valence-corrected chi connectivity index (χ4v) is 2.77. The fraction of sp³-hybridized carbons (Fsp3) is 0.364. The molecule has 2 rings (SSSR count). The van der Waals surface area contributed by atoms with Gasteiger partial charge in [0.05, 0.1) is 3.57 Å². The number of hydrogen-bond donors (Lipinski definition) is 3. The maximum atomic E-state index is 10.9.